The number of thioether (sulfide) groups is 2. The number of ketones is 4. The van der Waals surface area contributed by atoms with E-state index in [0.29, 0.717) is 25.7 Å². The van der Waals surface area contributed by atoms with E-state index in [2.05, 4.69) is 45.5 Å². The second-order valence-corrected chi connectivity index (χ2v) is 15.8. The van der Waals surface area contributed by atoms with Gasteiger partial charge in [-0.15, -0.1) is 5.10 Å². The molecule has 0 aliphatic heterocycles. The van der Waals surface area contributed by atoms with Gasteiger partial charge in [-0.25, -0.2) is 34.3 Å². The first-order valence-corrected chi connectivity index (χ1v) is 20.6. The molecule has 8 rings (SSSR count). The minimum Gasteiger partial charge on any atom is -0.295 e. The van der Waals surface area contributed by atoms with Crippen molar-refractivity contribution in [3.05, 3.63) is 87.5 Å². The van der Waals surface area contributed by atoms with E-state index >= 15 is 0 Å². The lowest BCUT2D eigenvalue weighted by Gasteiger charge is -2.15. The van der Waals surface area contributed by atoms with Gasteiger partial charge in [-0.2, -0.15) is 5.10 Å². The van der Waals surface area contributed by atoms with E-state index in [-0.39, 0.29) is 23.1 Å². The standard InChI is InChI=1S/C12H14N2OS.C11H12N2OS.C9H11N3O.C8H10N4O/c1-8-6-7-13-12(14-8)16-11-5-3-4-10(15)9(11)2;1-8-9(14)4-2-5-10(8)15-11-12-6-3-7-13-11;1-7-8(3-2-4-9(7)13)12-6-10-5-11-12;1-6-7(3-2-4-8(6)13)12-5-9-10-11-12/h6-7H,3-5H2,1-2H3;3,6-7H,2,4-5H2,1H3;5-6H,2-4H2,1H3;5H,2-4H2,1H3. The summed E-state index contributed by atoms with van der Waals surface area (Å²) in [5, 5.41) is 16.3. The third-order valence-electron chi connectivity index (χ3n) is 9.69. The third kappa shape index (κ3) is 12.3. The van der Waals surface area contributed by atoms with Gasteiger partial charge in [-0.3, -0.25) is 19.2 Å². The molecule has 0 saturated carbocycles. The lowest BCUT2D eigenvalue weighted by molar-refractivity contribution is -0.116. The minimum absolute atomic E-state index is 0.205. The highest BCUT2D eigenvalue weighted by atomic mass is 32.2. The smallest absolute Gasteiger partial charge is 0.192 e. The molecule has 0 N–H and O–H groups in total. The van der Waals surface area contributed by atoms with Crippen LogP contribution in [0.4, 0.5) is 0 Å². The van der Waals surface area contributed by atoms with E-state index < -0.39 is 0 Å². The Balaban J connectivity index is 0.000000146. The van der Waals surface area contributed by atoms with Crippen molar-refractivity contribution in [2.75, 3.05) is 0 Å². The summed E-state index contributed by atoms with van der Waals surface area (Å²) in [6.45, 7) is 9.43. The van der Waals surface area contributed by atoms with Gasteiger partial charge in [0.2, 0.25) is 0 Å². The summed E-state index contributed by atoms with van der Waals surface area (Å²) in [6, 6.07) is 3.66. The molecule has 4 heterocycles. The normalized spacial score (nSPS) is 17.4. The molecule has 15 nitrogen and oxygen atoms in total. The summed E-state index contributed by atoms with van der Waals surface area (Å²) in [6.07, 6.45) is 20.0. The van der Waals surface area contributed by atoms with E-state index in [1.807, 2.05) is 40.7 Å². The molecule has 0 spiro atoms. The van der Waals surface area contributed by atoms with Crippen molar-refractivity contribution < 1.29 is 19.2 Å². The Morgan fingerprint density at radius 2 is 1.07 bits per heavy atom. The average Bonchev–Trinajstić information content (AvgIpc) is 3.95. The Kier molecular flexibility index (Phi) is 16.0. The van der Waals surface area contributed by atoms with Crippen LogP contribution in [0, 0.1) is 6.92 Å². The molecule has 4 aliphatic rings. The third-order valence-corrected chi connectivity index (χ3v) is 12.0. The van der Waals surface area contributed by atoms with Crippen LogP contribution >= 0.6 is 23.5 Å². The molecule has 17 heteroatoms. The lowest BCUT2D eigenvalue weighted by Crippen LogP contribution is -2.13. The monoisotopic (exact) mass is 809 g/mol. The van der Waals surface area contributed by atoms with E-state index in [9.17, 15) is 19.2 Å². The molecule has 0 atom stereocenters. The maximum Gasteiger partial charge on any atom is 0.192 e. The van der Waals surface area contributed by atoms with E-state index in [0.717, 1.165) is 111 Å². The maximum atomic E-state index is 11.5. The fraction of sp³-hybridized carbons (Fsp3) is 0.425. The van der Waals surface area contributed by atoms with Crippen LogP contribution < -0.4 is 0 Å². The predicted molar refractivity (Wildman–Crippen MR) is 217 cm³/mol. The maximum absolute atomic E-state index is 11.5. The number of rotatable bonds is 6. The van der Waals surface area contributed by atoms with Crippen LogP contribution in [0.2, 0.25) is 0 Å². The molecule has 298 valence electrons. The number of hydrogen-bond acceptors (Lipinski definition) is 15. The molecule has 4 aromatic rings. The number of hydrogen-bond donors (Lipinski definition) is 0. The van der Waals surface area contributed by atoms with Crippen LogP contribution in [0.15, 0.2) is 92.1 Å². The molecule has 0 aromatic carbocycles. The van der Waals surface area contributed by atoms with Crippen molar-refractivity contribution >= 4 is 58.1 Å². The van der Waals surface area contributed by atoms with Crippen LogP contribution in [0.25, 0.3) is 11.4 Å². The first-order chi connectivity index (χ1) is 27.5. The second-order valence-electron chi connectivity index (χ2n) is 13.7. The van der Waals surface area contributed by atoms with E-state index in [1.165, 1.54) is 36.2 Å². The van der Waals surface area contributed by atoms with Crippen molar-refractivity contribution in [2.24, 2.45) is 0 Å². The van der Waals surface area contributed by atoms with Crippen LogP contribution in [0.1, 0.15) is 110 Å². The number of carbonyl (C=O) groups excluding carboxylic acids is 4. The summed E-state index contributed by atoms with van der Waals surface area (Å²) in [4.78, 5) is 68.7. The van der Waals surface area contributed by atoms with Crippen molar-refractivity contribution in [3.8, 4) is 0 Å². The van der Waals surface area contributed by atoms with Gasteiger partial charge in [0, 0.05) is 72.3 Å². The van der Waals surface area contributed by atoms with Crippen molar-refractivity contribution in [1.82, 2.24) is 54.9 Å². The fourth-order valence-corrected chi connectivity index (χ4v) is 8.28. The van der Waals surface area contributed by atoms with Crippen molar-refractivity contribution in [2.45, 2.75) is 122 Å². The number of aromatic nitrogens is 11. The number of aryl methyl sites for hydroxylation is 1. The zero-order chi connectivity index (χ0) is 40.7. The molecule has 0 unspecified atom stereocenters. The molecule has 57 heavy (non-hydrogen) atoms. The minimum atomic E-state index is 0.205. The predicted octanol–water partition coefficient (Wildman–Crippen LogP) is 7.42. The van der Waals surface area contributed by atoms with Gasteiger partial charge in [0.05, 0.1) is 11.4 Å². The number of allylic oxidation sites excluding steroid dienone is 8. The highest BCUT2D eigenvalue weighted by Crippen LogP contribution is 2.35. The summed E-state index contributed by atoms with van der Waals surface area (Å²) in [5.74, 6) is 0.967. The molecule has 0 amide bonds. The summed E-state index contributed by atoms with van der Waals surface area (Å²) in [7, 11) is 0. The highest BCUT2D eigenvalue weighted by molar-refractivity contribution is 8.03. The van der Waals surface area contributed by atoms with Crippen molar-refractivity contribution in [3.63, 3.8) is 0 Å². The van der Waals surface area contributed by atoms with Gasteiger partial charge in [0.15, 0.2) is 33.4 Å². The quantitative estimate of drug-likeness (QED) is 0.175. The number of Topliss-reactive ketones (excluding diaryl/α,β-unsaturated/α-hetero) is 4. The summed E-state index contributed by atoms with van der Waals surface area (Å²) in [5.41, 5.74) is 6.28. The molecule has 4 aliphatic carbocycles. The Bertz CT molecular complexity index is 2110. The molecular weight excluding hydrogens is 763 g/mol. The first-order valence-electron chi connectivity index (χ1n) is 18.9. The zero-order valence-corrected chi connectivity index (χ0v) is 34.6. The SMILES string of the molecule is CC1=C(Sc2nccc(C)n2)CCCC1=O.CC1=C(Sc2ncccn2)CCCC1=O.CC1=C(n2cncn2)CCCC1=O.CC1=C(n2cnnn2)CCCC1=O. The van der Waals surface area contributed by atoms with E-state index in [1.54, 1.807) is 40.3 Å². The second kappa shape index (κ2) is 21.3. The number of tetrazole rings is 1. The molecule has 0 saturated heterocycles. The molecule has 0 fully saturated rings. The van der Waals surface area contributed by atoms with Crippen LogP contribution in [-0.4, -0.2) is 78.0 Å². The summed E-state index contributed by atoms with van der Waals surface area (Å²) < 4.78 is 3.26. The Morgan fingerprint density at radius 1 is 0.561 bits per heavy atom. The molecule has 0 radical (unpaired) electrons. The number of nitrogens with zero attached hydrogens (tertiary/aromatic N) is 11. The zero-order valence-electron chi connectivity index (χ0n) is 33.0. The average molecular weight is 810 g/mol. The summed E-state index contributed by atoms with van der Waals surface area (Å²) >= 11 is 3.04. The Hall–Kier alpha value is -5.29. The highest BCUT2D eigenvalue weighted by Gasteiger charge is 2.21. The Morgan fingerprint density at radius 3 is 1.58 bits per heavy atom. The van der Waals surface area contributed by atoms with Crippen LogP contribution in [0.3, 0.4) is 0 Å². The molecule has 4 aromatic heterocycles. The topological polar surface area (TPSA) is 194 Å². The molecule has 0 bridgehead atoms. The van der Waals surface area contributed by atoms with Crippen molar-refractivity contribution in [1.29, 1.82) is 0 Å². The largest absolute Gasteiger partial charge is 0.295 e. The van der Waals surface area contributed by atoms with Gasteiger partial charge in [-0.05, 0) is 118 Å². The van der Waals surface area contributed by atoms with Gasteiger partial charge in [0.25, 0.3) is 0 Å². The van der Waals surface area contributed by atoms with E-state index in [4.69, 9.17) is 0 Å². The van der Waals surface area contributed by atoms with Crippen LogP contribution in [0.5, 0.6) is 0 Å². The first kappa shape index (κ1) is 42.8. The lowest BCUT2D eigenvalue weighted by atomic mass is 9.96. The number of carbonyl (C=O) groups is 4. The molecular formula is C40H47N11O4S2. The van der Waals surface area contributed by atoms with Gasteiger partial charge >= 0.3 is 0 Å². The fourth-order valence-electron chi connectivity index (χ4n) is 6.28. The Labute approximate surface area is 340 Å². The van der Waals surface area contributed by atoms with Crippen LogP contribution in [-0.2, 0) is 19.2 Å². The van der Waals surface area contributed by atoms with Gasteiger partial charge < -0.3 is 0 Å². The van der Waals surface area contributed by atoms with Gasteiger partial charge in [-0.1, -0.05) is 23.5 Å². The van der Waals surface area contributed by atoms with Gasteiger partial charge in [0.1, 0.15) is 19.0 Å².